The summed E-state index contributed by atoms with van der Waals surface area (Å²) in [6.07, 6.45) is 16.9. The van der Waals surface area contributed by atoms with Crippen LogP contribution in [0.2, 0.25) is 0 Å². The molecule has 1 N–H and O–H groups in total. The topological polar surface area (TPSA) is 64.6 Å². The number of ether oxygens (including phenoxy) is 2. The van der Waals surface area contributed by atoms with Crippen LogP contribution in [0, 0.1) is 52.3 Å². The van der Waals surface area contributed by atoms with Crippen LogP contribution in [0.3, 0.4) is 0 Å². The molecule has 0 spiro atoms. The van der Waals surface area contributed by atoms with Crippen LogP contribution in [0.15, 0.2) is 11.6 Å². The van der Waals surface area contributed by atoms with E-state index in [4.69, 9.17) is 9.47 Å². The van der Waals surface area contributed by atoms with Gasteiger partial charge in [0.25, 0.3) is 0 Å². The van der Waals surface area contributed by atoms with E-state index in [1.54, 1.807) is 0 Å². The second-order valence-electron chi connectivity index (χ2n) is 15.8. The Kier molecular flexibility index (Phi) is 10.7. The number of nitrogens with one attached hydrogen (secondary N) is 1. The van der Waals surface area contributed by atoms with Crippen LogP contribution >= 0.6 is 0 Å². The van der Waals surface area contributed by atoms with Crippen molar-refractivity contribution in [2.45, 2.75) is 138 Å². The molecule has 0 saturated heterocycles. The molecule has 0 aromatic carbocycles. The lowest BCUT2D eigenvalue weighted by molar-refractivity contribution is -0.156. The van der Waals surface area contributed by atoms with E-state index in [1.165, 1.54) is 64.0 Å². The standard InChI is InChI=1S/C36H61NO4/c1-23(2)10-9-11-25(5)29-14-15-30-28-13-12-26-21-27(16-18-35(26,6)31(28)17-19-36(29,30)7)41-34(39)32(20-24(3)4)37-33(38)22-40-8/h12,23-25,27-32H,9-11,13-22H2,1-8H3,(H,37,38)/t25-,27+,28+,29-,30+,31+,32?,35+,36-/m0/s1. The van der Waals surface area contributed by atoms with E-state index in [0.717, 1.165) is 54.8 Å². The minimum absolute atomic E-state index is 0.0447. The summed E-state index contributed by atoms with van der Waals surface area (Å²) in [7, 11) is 1.49. The molecule has 0 aromatic rings. The molecule has 3 fully saturated rings. The molecule has 1 amide bonds. The van der Waals surface area contributed by atoms with E-state index in [9.17, 15) is 9.59 Å². The summed E-state index contributed by atoms with van der Waals surface area (Å²) in [6.45, 7) is 16.6. The van der Waals surface area contributed by atoms with Gasteiger partial charge in [-0.25, -0.2) is 4.79 Å². The van der Waals surface area contributed by atoms with Gasteiger partial charge >= 0.3 is 5.97 Å². The molecule has 41 heavy (non-hydrogen) atoms. The maximum absolute atomic E-state index is 13.2. The Balaban J connectivity index is 1.40. The number of amides is 1. The maximum Gasteiger partial charge on any atom is 0.328 e. The number of fused-ring (bicyclic) bond motifs is 5. The Hall–Kier alpha value is -1.36. The largest absolute Gasteiger partial charge is 0.461 e. The molecule has 5 heteroatoms. The molecular weight excluding hydrogens is 510 g/mol. The van der Waals surface area contributed by atoms with Gasteiger partial charge in [0.05, 0.1) is 0 Å². The third-order valence-corrected chi connectivity index (χ3v) is 12.1. The summed E-state index contributed by atoms with van der Waals surface area (Å²) in [4.78, 5) is 25.4. The predicted molar refractivity (Wildman–Crippen MR) is 166 cm³/mol. The lowest BCUT2D eigenvalue weighted by atomic mass is 9.47. The maximum atomic E-state index is 13.2. The van der Waals surface area contributed by atoms with Crippen LogP contribution < -0.4 is 5.32 Å². The number of rotatable bonds is 12. The monoisotopic (exact) mass is 571 g/mol. The highest BCUT2D eigenvalue weighted by molar-refractivity contribution is 5.85. The average Bonchev–Trinajstić information content (AvgIpc) is 3.25. The van der Waals surface area contributed by atoms with Gasteiger partial charge in [0, 0.05) is 13.5 Å². The number of hydrogen-bond acceptors (Lipinski definition) is 4. The SMILES string of the molecule is COCC(=O)NC(CC(C)C)C(=O)O[C@@H]1CC[C@]2(C)C(=CC[C@@H]3[C@H]4CC[C@@H]([C@@H](C)CCCC(C)C)[C@]4(C)CC[C@H]32)C1. The highest BCUT2D eigenvalue weighted by Gasteiger charge is 2.59. The summed E-state index contributed by atoms with van der Waals surface area (Å²) < 4.78 is 11.1. The van der Waals surface area contributed by atoms with Crippen LogP contribution in [0.25, 0.3) is 0 Å². The number of allylic oxidation sites excluding steroid dienone is 1. The zero-order chi connectivity index (χ0) is 29.9. The van der Waals surface area contributed by atoms with Crippen molar-refractivity contribution in [3.8, 4) is 0 Å². The molecule has 0 heterocycles. The van der Waals surface area contributed by atoms with Gasteiger partial charge in [0.2, 0.25) is 5.91 Å². The molecule has 0 aromatic heterocycles. The summed E-state index contributed by atoms with van der Waals surface area (Å²) in [5, 5.41) is 2.84. The van der Waals surface area contributed by atoms with Crippen molar-refractivity contribution < 1.29 is 19.1 Å². The zero-order valence-corrected chi connectivity index (χ0v) is 27.6. The van der Waals surface area contributed by atoms with Crippen molar-refractivity contribution in [1.29, 1.82) is 0 Å². The first kappa shape index (κ1) is 32.6. The summed E-state index contributed by atoms with van der Waals surface area (Å²) in [5.74, 6) is 4.68. The van der Waals surface area contributed by atoms with Crippen LogP contribution in [-0.2, 0) is 19.1 Å². The summed E-state index contributed by atoms with van der Waals surface area (Å²) >= 11 is 0. The van der Waals surface area contributed by atoms with Crippen LogP contribution in [0.5, 0.6) is 0 Å². The number of methoxy groups -OCH3 is 1. The molecule has 0 radical (unpaired) electrons. The first-order valence-corrected chi connectivity index (χ1v) is 17.1. The Morgan fingerprint density at radius 3 is 2.41 bits per heavy atom. The number of esters is 1. The average molecular weight is 572 g/mol. The van der Waals surface area contributed by atoms with Crippen molar-refractivity contribution >= 4 is 11.9 Å². The fraction of sp³-hybridized carbons (Fsp3) is 0.889. The molecule has 234 valence electrons. The molecule has 9 atom stereocenters. The summed E-state index contributed by atoms with van der Waals surface area (Å²) in [5.41, 5.74) is 2.27. The first-order valence-electron chi connectivity index (χ1n) is 17.1. The third kappa shape index (κ3) is 7.07. The fourth-order valence-corrected chi connectivity index (χ4v) is 10.1. The highest BCUT2D eigenvalue weighted by atomic mass is 16.5. The van der Waals surface area contributed by atoms with E-state index >= 15 is 0 Å². The van der Waals surface area contributed by atoms with Gasteiger partial charge in [0.15, 0.2) is 0 Å². The normalized spacial score (nSPS) is 36.1. The van der Waals surface area contributed by atoms with Crippen molar-refractivity contribution in [3.05, 3.63) is 11.6 Å². The quantitative estimate of drug-likeness (QED) is 0.190. The van der Waals surface area contributed by atoms with E-state index in [1.807, 2.05) is 0 Å². The second-order valence-corrected chi connectivity index (χ2v) is 15.8. The van der Waals surface area contributed by atoms with E-state index in [-0.39, 0.29) is 35.9 Å². The molecule has 1 unspecified atom stereocenters. The van der Waals surface area contributed by atoms with Gasteiger partial charge < -0.3 is 14.8 Å². The van der Waals surface area contributed by atoms with Crippen LogP contribution in [0.1, 0.15) is 126 Å². The molecule has 0 aliphatic heterocycles. The molecule has 4 aliphatic rings. The van der Waals surface area contributed by atoms with Gasteiger partial charge in [-0.1, -0.05) is 79.4 Å². The third-order valence-electron chi connectivity index (χ3n) is 12.1. The van der Waals surface area contributed by atoms with Crippen molar-refractivity contribution in [2.75, 3.05) is 13.7 Å². The van der Waals surface area contributed by atoms with Crippen molar-refractivity contribution in [2.24, 2.45) is 52.3 Å². The van der Waals surface area contributed by atoms with Gasteiger partial charge in [0.1, 0.15) is 18.8 Å². The molecule has 4 aliphatic carbocycles. The first-order chi connectivity index (χ1) is 19.4. The predicted octanol–water partition coefficient (Wildman–Crippen LogP) is 8.12. The van der Waals surface area contributed by atoms with E-state index in [0.29, 0.717) is 11.8 Å². The summed E-state index contributed by atoms with van der Waals surface area (Å²) in [6, 6.07) is -0.616. The molecule has 5 nitrogen and oxygen atoms in total. The number of carbonyl (C=O) groups is 2. The lowest BCUT2D eigenvalue weighted by Gasteiger charge is -2.58. The Labute approximate surface area is 251 Å². The van der Waals surface area contributed by atoms with E-state index in [2.05, 4.69) is 59.9 Å². The van der Waals surface area contributed by atoms with Crippen LogP contribution in [0.4, 0.5) is 0 Å². The zero-order valence-electron chi connectivity index (χ0n) is 27.6. The Morgan fingerprint density at radius 1 is 0.976 bits per heavy atom. The van der Waals surface area contributed by atoms with Gasteiger partial charge in [-0.3, -0.25) is 4.79 Å². The smallest absolute Gasteiger partial charge is 0.328 e. The van der Waals surface area contributed by atoms with E-state index < -0.39 is 6.04 Å². The number of hydrogen-bond donors (Lipinski definition) is 1. The second kappa shape index (κ2) is 13.5. The number of carbonyl (C=O) groups excluding carboxylic acids is 2. The minimum atomic E-state index is -0.616. The highest BCUT2D eigenvalue weighted by Crippen LogP contribution is 2.67. The molecule has 4 rings (SSSR count). The lowest BCUT2D eigenvalue weighted by Crippen LogP contribution is -2.51. The van der Waals surface area contributed by atoms with Gasteiger partial charge in [-0.15, -0.1) is 0 Å². The van der Waals surface area contributed by atoms with Crippen molar-refractivity contribution in [3.63, 3.8) is 0 Å². The van der Waals surface area contributed by atoms with Gasteiger partial charge in [-0.2, -0.15) is 0 Å². The molecular formula is C36H61NO4. The Morgan fingerprint density at radius 2 is 1.73 bits per heavy atom. The molecule has 3 saturated carbocycles. The van der Waals surface area contributed by atoms with Gasteiger partial charge in [-0.05, 0) is 104 Å². The molecule has 0 bridgehead atoms. The fourth-order valence-electron chi connectivity index (χ4n) is 10.1. The minimum Gasteiger partial charge on any atom is -0.461 e. The Bertz CT molecular complexity index is 942. The van der Waals surface area contributed by atoms with Crippen molar-refractivity contribution in [1.82, 2.24) is 5.32 Å². The van der Waals surface area contributed by atoms with Crippen LogP contribution in [-0.4, -0.2) is 37.7 Å².